The van der Waals surface area contributed by atoms with Crippen LogP contribution in [0.1, 0.15) is 71.6 Å². The molecule has 6 aliphatic rings. The first-order chi connectivity index (χ1) is 21.2. The van der Waals surface area contributed by atoms with Crippen molar-refractivity contribution in [3.05, 3.63) is 12.2 Å². The van der Waals surface area contributed by atoms with Crippen molar-refractivity contribution in [1.82, 2.24) is 0 Å². The Balaban J connectivity index is 0.00000417. The molecule has 1 spiro atoms. The summed E-state index contributed by atoms with van der Waals surface area (Å²) in [4.78, 5) is 12.4. The van der Waals surface area contributed by atoms with Crippen molar-refractivity contribution in [1.29, 1.82) is 0 Å². The molecule has 256 valence electrons. The first kappa shape index (κ1) is 37.0. The molecule has 13 nitrogen and oxygen atoms in total. The summed E-state index contributed by atoms with van der Waals surface area (Å²) in [6, 6.07) is 0. The Kier molecular flexibility index (Phi) is 10.6. The van der Waals surface area contributed by atoms with Crippen LogP contribution in [0.2, 0.25) is 0 Å². The van der Waals surface area contributed by atoms with E-state index in [1.165, 1.54) is 0 Å². The second-order valence-corrected chi connectivity index (χ2v) is 15.2. The zero-order valence-electron chi connectivity index (χ0n) is 27.0. The van der Waals surface area contributed by atoms with Crippen LogP contribution < -0.4 is 34.7 Å². The first-order valence-corrected chi connectivity index (χ1v) is 16.3. The molecule has 6 rings (SSSR count). The summed E-state index contributed by atoms with van der Waals surface area (Å²) < 4.78 is 24.1. The minimum atomic E-state index is -1.76. The van der Waals surface area contributed by atoms with Gasteiger partial charge < -0.3 is 64.6 Å². The molecular weight excluding hydrogens is 615 g/mol. The molecule has 14 heteroatoms. The summed E-state index contributed by atoms with van der Waals surface area (Å²) in [5, 5.41) is 84.9. The number of carbonyl (C=O) groups excluding carboxylic acids is 1. The number of carboxylic acids is 1. The number of carboxylic acid groups (broad SMARTS) is 1. The second kappa shape index (κ2) is 13.1. The molecule has 0 radical (unpaired) electrons. The van der Waals surface area contributed by atoms with Crippen molar-refractivity contribution in [2.75, 3.05) is 13.2 Å². The normalized spacial score (nSPS) is 53.5. The summed E-state index contributed by atoms with van der Waals surface area (Å²) in [5.41, 5.74) is -1.30. The number of aliphatic carboxylic acids is 1. The average molecular weight is 665 g/mol. The van der Waals surface area contributed by atoms with Crippen molar-refractivity contribution < 1.29 is 94.2 Å². The molecule has 6 fully saturated rings. The molecule has 0 amide bonds. The van der Waals surface area contributed by atoms with E-state index in [9.17, 15) is 45.6 Å². The Bertz CT molecular complexity index is 1160. The summed E-state index contributed by atoms with van der Waals surface area (Å²) in [7, 11) is 0. The molecule has 2 aliphatic heterocycles. The van der Waals surface area contributed by atoms with Gasteiger partial charge in [0.05, 0.1) is 18.8 Å². The van der Waals surface area contributed by atoms with Crippen LogP contribution in [-0.2, 0) is 23.7 Å². The van der Waals surface area contributed by atoms with Crippen LogP contribution in [0.4, 0.5) is 0 Å². The van der Waals surface area contributed by atoms with E-state index in [-0.39, 0.29) is 52.2 Å². The maximum Gasteiger partial charge on any atom is 1.00 e. The molecule has 0 aromatic heterocycles. The fourth-order valence-electron chi connectivity index (χ4n) is 10.6. The Labute approximate surface area is 291 Å². The molecule has 0 unspecified atom stereocenters. The van der Waals surface area contributed by atoms with Gasteiger partial charge in [-0.2, -0.15) is 0 Å². The van der Waals surface area contributed by atoms with Gasteiger partial charge in [-0.3, -0.25) is 0 Å². The number of aliphatic hydroxyl groups excluding tert-OH is 7. The van der Waals surface area contributed by atoms with Crippen molar-refractivity contribution in [2.45, 2.75) is 139 Å². The van der Waals surface area contributed by atoms with Crippen molar-refractivity contribution in [2.24, 2.45) is 28.1 Å². The maximum absolute atomic E-state index is 12.4. The standard InChI is InChI=1S/C32H50O13.Na/c1-15-11-31-9-5-18-29(2,7-4-8-30(18,3)28(40)41)19(31)6-10-32(15,14-31)45-27-25(23(38)21(36)17(13-34)43-27)44-26-24(39)22(37)20(35)16(12-33)42-26;/h16-27,33-39H,1,4-14H2,2-3H3,(H,40,41);/q;+1/p-1/t16-,17-,18-,19-,20+,21+,22-,23-,24-,25-,26-,27-,29+,30+,31+,32-;/m0./s1. The maximum atomic E-state index is 12.4. The van der Waals surface area contributed by atoms with Crippen LogP contribution in [0.5, 0.6) is 0 Å². The molecule has 2 bridgehead atoms. The zero-order valence-corrected chi connectivity index (χ0v) is 29.0. The zero-order chi connectivity index (χ0) is 32.7. The van der Waals surface area contributed by atoms with Gasteiger partial charge in [0.2, 0.25) is 0 Å². The number of carbonyl (C=O) groups is 1. The van der Waals surface area contributed by atoms with E-state index in [0.717, 1.165) is 37.7 Å². The van der Waals surface area contributed by atoms with Gasteiger partial charge in [0.1, 0.15) is 48.8 Å². The van der Waals surface area contributed by atoms with Crippen molar-refractivity contribution in [3.8, 4) is 0 Å². The average Bonchev–Trinajstić information content (AvgIpc) is 3.19. The topological polar surface area (TPSA) is 219 Å². The third-order valence-corrected chi connectivity index (χ3v) is 12.9. The minimum absolute atomic E-state index is 0. The van der Waals surface area contributed by atoms with E-state index >= 15 is 0 Å². The molecule has 2 heterocycles. The monoisotopic (exact) mass is 664 g/mol. The predicted octanol–water partition coefficient (Wildman–Crippen LogP) is -4.53. The van der Waals surface area contributed by atoms with Crippen LogP contribution in [0.3, 0.4) is 0 Å². The van der Waals surface area contributed by atoms with Crippen LogP contribution in [-0.4, -0.2) is 122 Å². The third-order valence-electron chi connectivity index (χ3n) is 12.9. The van der Waals surface area contributed by atoms with Crippen LogP contribution >= 0.6 is 0 Å². The van der Waals surface area contributed by atoms with E-state index in [0.29, 0.717) is 25.7 Å². The van der Waals surface area contributed by atoms with E-state index in [4.69, 9.17) is 18.9 Å². The number of hydrogen-bond acceptors (Lipinski definition) is 13. The van der Waals surface area contributed by atoms with Gasteiger partial charge in [-0.05, 0) is 79.6 Å². The van der Waals surface area contributed by atoms with Gasteiger partial charge in [-0.1, -0.05) is 26.8 Å². The number of aliphatic hydroxyl groups is 7. The molecule has 2 saturated heterocycles. The number of hydrogen-bond donors (Lipinski definition) is 7. The fraction of sp³-hybridized carbons (Fsp3) is 0.906. The molecular formula is C32H49NaO13. The van der Waals surface area contributed by atoms with Gasteiger partial charge in [-0.25, -0.2) is 0 Å². The summed E-state index contributed by atoms with van der Waals surface area (Å²) >= 11 is 0. The predicted molar refractivity (Wildman–Crippen MR) is 152 cm³/mol. The second-order valence-electron chi connectivity index (χ2n) is 15.2. The molecule has 46 heavy (non-hydrogen) atoms. The SMILES string of the molecule is C=C1C[C@@]23CC[C@H]4[C@@](C)(CCC[C@@]4(C)C(=O)[O-])[C@@H]2CC[C@]1(O[C@@H]1O[C@@H](CO)[C@@H](O)[C@H](O)[C@@H]1O[C@@H]1O[C@@H](CO)[C@@H](O)[C@H](O)[C@@H]1O)C3.[Na+]. The Morgan fingerprint density at radius 3 is 2.11 bits per heavy atom. The number of rotatable bonds is 7. The Morgan fingerprint density at radius 2 is 1.48 bits per heavy atom. The number of ether oxygens (including phenoxy) is 4. The minimum Gasteiger partial charge on any atom is -0.550 e. The first-order valence-electron chi connectivity index (χ1n) is 16.3. The van der Waals surface area contributed by atoms with Crippen molar-refractivity contribution in [3.63, 3.8) is 0 Å². The number of fused-ring (bicyclic) bond motifs is 3. The fourth-order valence-corrected chi connectivity index (χ4v) is 10.6. The Morgan fingerprint density at radius 1 is 0.870 bits per heavy atom. The summed E-state index contributed by atoms with van der Waals surface area (Å²) in [6.07, 6.45) is -8.75. The molecule has 4 aliphatic carbocycles. The smallest absolute Gasteiger partial charge is 0.550 e. The van der Waals surface area contributed by atoms with Gasteiger partial charge in [0.15, 0.2) is 12.6 Å². The Hall–Kier alpha value is -0.230. The van der Waals surface area contributed by atoms with Gasteiger partial charge in [-0.15, -0.1) is 0 Å². The molecule has 4 saturated carbocycles. The third kappa shape index (κ3) is 5.58. The van der Waals surface area contributed by atoms with Crippen molar-refractivity contribution >= 4 is 5.97 Å². The molecule has 7 N–H and O–H groups in total. The molecule has 0 aromatic rings. The quantitative estimate of drug-likeness (QED) is 0.0776. The van der Waals surface area contributed by atoms with Crippen LogP contribution in [0, 0.1) is 28.1 Å². The largest absolute Gasteiger partial charge is 1.00 e. The van der Waals surface area contributed by atoms with E-state index in [2.05, 4.69) is 13.5 Å². The van der Waals surface area contributed by atoms with E-state index in [1.807, 2.05) is 6.92 Å². The van der Waals surface area contributed by atoms with E-state index in [1.54, 1.807) is 0 Å². The molecule has 16 atom stereocenters. The van der Waals surface area contributed by atoms with Crippen LogP contribution in [0.15, 0.2) is 12.2 Å². The van der Waals surface area contributed by atoms with Crippen LogP contribution in [0.25, 0.3) is 0 Å². The van der Waals surface area contributed by atoms with Gasteiger partial charge in [0, 0.05) is 11.4 Å². The van der Waals surface area contributed by atoms with E-state index < -0.39 is 91.6 Å². The summed E-state index contributed by atoms with van der Waals surface area (Å²) in [6.45, 7) is 7.22. The van der Waals surface area contributed by atoms with Gasteiger partial charge in [0.25, 0.3) is 0 Å². The van der Waals surface area contributed by atoms with Gasteiger partial charge >= 0.3 is 29.6 Å². The molecule has 0 aromatic carbocycles. The summed E-state index contributed by atoms with van der Waals surface area (Å²) in [5.74, 6) is -0.732.